The number of carbonyl (C=O) groups is 1. The lowest BCUT2D eigenvalue weighted by molar-refractivity contribution is 0.111. The zero-order chi connectivity index (χ0) is 33.6. The smallest absolute Gasteiger partial charge is 0.205 e. The van der Waals surface area contributed by atoms with Gasteiger partial charge in [0.25, 0.3) is 0 Å². The summed E-state index contributed by atoms with van der Waals surface area (Å²) >= 11 is 6.33. The zero-order valence-corrected chi connectivity index (χ0v) is 27.9. The highest BCUT2D eigenvalue weighted by Gasteiger charge is 2.41. The van der Waals surface area contributed by atoms with Crippen molar-refractivity contribution in [2.24, 2.45) is 0 Å². The minimum Gasteiger partial charge on any atom is -0.320 e. The van der Waals surface area contributed by atoms with Crippen molar-refractivity contribution in [3.8, 4) is 22.5 Å². The largest absolute Gasteiger partial charge is 0.320 e. The van der Waals surface area contributed by atoms with Gasteiger partial charge in [0.15, 0.2) is 17.0 Å². The van der Waals surface area contributed by atoms with Crippen molar-refractivity contribution < 1.29 is 4.79 Å². The summed E-state index contributed by atoms with van der Waals surface area (Å²) in [5.74, 6) is 1.35. The maximum absolute atomic E-state index is 11.9. The Morgan fingerprint density at radius 2 is 1.27 bits per heavy atom. The highest BCUT2D eigenvalue weighted by atomic mass is 35.5. The maximum Gasteiger partial charge on any atom is 0.205 e. The van der Waals surface area contributed by atoms with Crippen LogP contribution in [-0.2, 0) is 18.5 Å². The van der Waals surface area contributed by atoms with Crippen LogP contribution in [0.2, 0.25) is 5.15 Å². The first-order valence-electron chi connectivity index (χ1n) is 16.5. The molecule has 0 fully saturated rings. The number of halogens is 1. The SMILES string of the molecule is CCCCc1nc(Cl)c(C=O)n1Cc1ccc(-c2ccccc2-c2nnn(C(c3ccccc3)(c3ccccc3)c3ccccc3)n2)cc1. The Morgan fingerprint density at radius 1 is 0.714 bits per heavy atom. The van der Waals surface area contributed by atoms with Gasteiger partial charge in [-0.05, 0) is 45.0 Å². The normalized spacial score (nSPS) is 11.5. The Kier molecular flexibility index (Phi) is 9.26. The third-order valence-corrected chi connectivity index (χ3v) is 9.25. The van der Waals surface area contributed by atoms with E-state index in [1.807, 2.05) is 77.4 Å². The summed E-state index contributed by atoms with van der Waals surface area (Å²) in [4.78, 5) is 18.1. The van der Waals surface area contributed by atoms with Gasteiger partial charge in [-0.15, -0.1) is 15.0 Å². The lowest BCUT2D eigenvalue weighted by atomic mass is 9.77. The number of benzene rings is 5. The van der Waals surface area contributed by atoms with Gasteiger partial charge in [-0.1, -0.05) is 164 Å². The van der Waals surface area contributed by atoms with Gasteiger partial charge in [-0.2, -0.15) is 0 Å². The zero-order valence-electron chi connectivity index (χ0n) is 27.2. The number of unbranched alkanes of at least 4 members (excludes halogenated alkanes) is 1. The van der Waals surface area contributed by atoms with Crippen molar-refractivity contribution in [2.45, 2.75) is 38.3 Å². The number of tetrazole rings is 1. The molecular weight excluding hydrogens is 628 g/mol. The Balaban J connectivity index is 1.28. The fourth-order valence-electron chi connectivity index (χ4n) is 6.55. The molecule has 0 saturated heterocycles. The van der Waals surface area contributed by atoms with Crippen LogP contribution in [0.4, 0.5) is 0 Å². The predicted molar refractivity (Wildman–Crippen MR) is 194 cm³/mol. The molecule has 0 aliphatic heterocycles. The maximum atomic E-state index is 11.9. The molecule has 7 aromatic rings. The second-order valence-corrected chi connectivity index (χ2v) is 12.3. The molecule has 49 heavy (non-hydrogen) atoms. The lowest BCUT2D eigenvalue weighted by Crippen LogP contribution is -2.39. The fraction of sp³-hybridized carbons (Fsp3) is 0.146. The van der Waals surface area contributed by atoms with Gasteiger partial charge < -0.3 is 4.57 Å². The van der Waals surface area contributed by atoms with E-state index in [2.05, 4.69) is 78.6 Å². The van der Waals surface area contributed by atoms with Crippen molar-refractivity contribution in [3.63, 3.8) is 0 Å². The van der Waals surface area contributed by atoms with Crippen LogP contribution < -0.4 is 0 Å². The summed E-state index contributed by atoms with van der Waals surface area (Å²) in [5, 5.41) is 14.8. The van der Waals surface area contributed by atoms with Crippen molar-refractivity contribution in [2.75, 3.05) is 0 Å². The van der Waals surface area contributed by atoms with Gasteiger partial charge in [0.2, 0.25) is 5.82 Å². The summed E-state index contributed by atoms with van der Waals surface area (Å²) < 4.78 is 1.93. The summed E-state index contributed by atoms with van der Waals surface area (Å²) in [7, 11) is 0. The molecular formula is C41H35ClN6O. The van der Waals surface area contributed by atoms with Crippen molar-refractivity contribution in [3.05, 3.63) is 178 Å². The number of hydrogen-bond acceptors (Lipinski definition) is 5. The van der Waals surface area contributed by atoms with Crippen LogP contribution in [0.1, 0.15) is 58.3 Å². The van der Waals surface area contributed by atoms with E-state index in [1.54, 1.807) is 4.80 Å². The second-order valence-electron chi connectivity index (χ2n) is 12.0. The van der Waals surface area contributed by atoms with Crippen LogP contribution >= 0.6 is 11.6 Å². The average molecular weight is 663 g/mol. The van der Waals surface area contributed by atoms with Gasteiger partial charge in [0.05, 0.1) is 0 Å². The molecule has 7 rings (SSSR count). The summed E-state index contributed by atoms with van der Waals surface area (Å²) in [6, 6.07) is 47.4. The third kappa shape index (κ3) is 6.09. The van der Waals surface area contributed by atoms with E-state index < -0.39 is 5.54 Å². The molecule has 2 aromatic heterocycles. The van der Waals surface area contributed by atoms with Crippen molar-refractivity contribution in [1.29, 1.82) is 0 Å². The number of rotatable bonds is 12. The van der Waals surface area contributed by atoms with Gasteiger partial charge >= 0.3 is 0 Å². The summed E-state index contributed by atoms with van der Waals surface area (Å²) in [6.45, 7) is 2.64. The van der Waals surface area contributed by atoms with E-state index in [-0.39, 0.29) is 5.15 Å². The highest BCUT2D eigenvalue weighted by molar-refractivity contribution is 6.31. The van der Waals surface area contributed by atoms with E-state index in [4.69, 9.17) is 27.0 Å². The molecule has 0 unspecified atom stereocenters. The number of hydrogen-bond donors (Lipinski definition) is 0. The first-order chi connectivity index (χ1) is 24.1. The number of nitrogens with zero attached hydrogens (tertiary/aromatic N) is 6. The molecule has 242 valence electrons. The van der Waals surface area contributed by atoms with Crippen molar-refractivity contribution >= 4 is 17.9 Å². The second kappa shape index (κ2) is 14.2. The molecule has 0 spiro atoms. The average Bonchev–Trinajstić information content (AvgIpc) is 3.77. The van der Waals surface area contributed by atoms with Crippen LogP contribution in [0.5, 0.6) is 0 Å². The quantitative estimate of drug-likeness (QED) is 0.0964. The Hall–Kier alpha value is -5.66. The van der Waals surface area contributed by atoms with Crippen LogP contribution in [0.15, 0.2) is 140 Å². The minimum absolute atomic E-state index is 0.253. The number of aromatic nitrogens is 6. The monoisotopic (exact) mass is 662 g/mol. The molecule has 0 atom stereocenters. The molecule has 0 amide bonds. The van der Waals surface area contributed by atoms with E-state index >= 15 is 0 Å². The van der Waals surface area contributed by atoms with Gasteiger partial charge in [-0.3, -0.25) is 4.79 Å². The van der Waals surface area contributed by atoms with Gasteiger partial charge in [0, 0.05) is 18.5 Å². The van der Waals surface area contributed by atoms with E-state index in [0.29, 0.717) is 18.1 Å². The van der Waals surface area contributed by atoms with E-state index in [9.17, 15) is 4.79 Å². The Morgan fingerprint density at radius 3 is 1.82 bits per heavy atom. The molecule has 0 saturated carbocycles. The Labute approximate surface area is 290 Å². The molecule has 0 radical (unpaired) electrons. The number of aldehydes is 1. The molecule has 0 N–H and O–H groups in total. The predicted octanol–water partition coefficient (Wildman–Crippen LogP) is 8.90. The summed E-state index contributed by atoms with van der Waals surface area (Å²) in [6.07, 6.45) is 3.56. The van der Waals surface area contributed by atoms with E-state index in [0.717, 1.165) is 70.3 Å². The van der Waals surface area contributed by atoms with Crippen LogP contribution in [0, 0.1) is 0 Å². The van der Waals surface area contributed by atoms with Crippen molar-refractivity contribution in [1.82, 2.24) is 29.8 Å². The molecule has 0 aliphatic carbocycles. The molecule has 5 aromatic carbocycles. The molecule has 0 aliphatic rings. The molecule has 8 heteroatoms. The van der Waals surface area contributed by atoms with Crippen LogP contribution in [0.3, 0.4) is 0 Å². The number of aryl methyl sites for hydroxylation is 1. The Bertz CT molecular complexity index is 2060. The number of carbonyl (C=O) groups excluding carboxylic acids is 1. The number of imidazole rings is 1. The van der Waals surface area contributed by atoms with Crippen LogP contribution in [-0.4, -0.2) is 36.0 Å². The minimum atomic E-state index is -0.863. The molecule has 7 nitrogen and oxygen atoms in total. The first kappa shape index (κ1) is 31.9. The van der Waals surface area contributed by atoms with Crippen LogP contribution in [0.25, 0.3) is 22.5 Å². The first-order valence-corrected chi connectivity index (χ1v) is 16.9. The third-order valence-electron chi connectivity index (χ3n) is 8.97. The molecule has 2 heterocycles. The topological polar surface area (TPSA) is 78.5 Å². The van der Waals surface area contributed by atoms with Gasteiger partial charge in [-0.25, -0.2) is 4.98 Å². The summed E-state index contributed by atoms with van der Waals surface area (Å²) in [5.41, 5.74) is 6.53. The standard InChI is InChI=1S/C41H35ClN6O/c1-2-3-23-38-43-39(42)37(29-49)47(38)28-30-24-26-31(27-25-30)35-21-13-14-22-36(35)40-44-46-48(45-40)41(32-15-7-4-8-16-32,33-17-9-5-10-18-33)34-19-11-6-12-20-34/h4-22,24-27,29H,2-3,23,28H2,1H3. The fourth-order valence-corrected chi connectivity index (χ4v) is 6.79. The van der Waals surface area contributed by atoms with Gasteiger partial charge in [0.1, 0.15) is 11.5 Å². The molecule has 0 bridgehead atoms. The lowest BCUT2D eigenvalue weighted by Gasteiger charge is -2.34. The highest BCUT2D eigenvalue weighted by Crippen LogP contribution is 2.40. The van der Waals surface area contributed by atoms with E-state index in [1.165, 1.54) is 0 Å².